The van der Waals surface area contributed by atoms with Crippen LogP contribution in [0.3, 0.4) is 0 Å². The number of anilines is 1. The third-order valence-corrected chi connectivity index (χ3v) is 8.52. The second kappa shape index (κ2) is 9.90. The number of carbonyl (C=O) groups excluding carboxylic acids is 1. The van der Waals surface area contributed by atoms with Crippen LogP contribution < -0.4 is 5.32 Å². The predicted molar refractivity (Wildman–Crippen MR) is 133 cm³/mol. The number of hydrogen-bond donors (Lipinski definition) is 1. The first-order valence-electron chi connectivity index (χ1n) is 12.0. The van der Waals surface area contributed by atoms with Gasteiger partial charge in [0.2, 0.25) is 0 Å². The van der Waals surface area contributed by atoms with Crippen LogP contribution in [0.4, 0.5) is 19.3 Å². The predicted octanol–water partition coefficient (Wildman–Crippen LogP) is 3.20. The third-order valence-electron chi connectivity index (χ3n) is 6.76. The van der Waals surface area contributed by atoms with Crippen molar-refractivity contribution in [1.29, 1.82) is 0 Å². The van der Waals surface area contributed by atoms with Crippen LogP contribution in [-0.2, 0) is 25.7 Å². The van der Waals surface area contributed by atoms with Gasteiger partial charge in [0.25, 0.3) is 0 Å². The number of nitrogens with zero attached hydrogens (tertiary/aromatic N) is 3. The van der Waals surface area contributed by atoms with Crippen molar-refractivity contribution in [3.63, 3.8) is 0 Å². The maximum Gasteiger partial charge on any atom is 0.409 e. The van der Waals surface area contributed by atoms with Crippen LogP contribution in [0.2, 0.25) is 0 Å². The van der Waals surface area contributed by atoms with E-state index < -0.39 is 39.7 Å². The van der Waals surface area contributed by atoms with Gasteiger partial charge in [-0.25, -0.2) is 27.0 Å². The molecule has 1 N–H and O–H groups in total. The Kier molecular flexibility index (Phi) is 6.80. The zero-order valence-corrected chi connectivity index (χ0v) is 21.4. The Morgan fingerprint density at radius 1 is 1.27 bits per heavy atom. The van der Waals surface area contributed by atoms with Gasteiger partial charge in [0.1, 0.15) is 17.3 Å². The van der Waals surface area contributed by atoms with Crippen LogP contribution in [0.5, 0.6) is 0 Å². The number of morpholine rings is 1. The lowest BCUT2D eigenvalue weighted by Crippen LogP contribution is -2.46. The normalized spacial score (nSPS) is 21.4. The van der Waals surface area contributed by atoms with E-state index in [0.717, 1.165) is 5.56 Å². The summed E-state index contributed by atoms with van der Waals surface area (Å²) in [5.74, 6) is -1.65. The molecule has 2 aliphatic heterocycles. The molecule has 37 heavy (non-hydrogen) atoms. The summed E-state index contributed by atoms with van der Waals surface area (Å²) >= 11 is 0. The molecular weight excluding hydrogens is 506 g/mol. The van der Waals surface area contributed by atoms with Crippen LogP contribution in [0.1, 0.15) is 17.7 Å². The molecule has 5 rings (SSSR count). The topological polar surface area (TPSA) is 102 Å². The average Bonchev–Trinajstić information content (AvgIpc) is 3.36. The first-order valence-corrected chi connectivity index (χ1v) is 13.8. The number of aromatic nitrogens is 2. The number of hydrogen-bond acceptors (Lipinski definition) is 7. The molecule has 1 amide bonds. The van der Waals surface area contributed by atoms with Gasteiger partial charge < -0.3 is 24.1 Å². The lowest BCUT2D eigenvalue weighted by molar-refractivity contribution is -0.0241. The number of ether oxygens (including phenoxy) is 2. The molecule has 1 aromatic carbocycles. The zero-order chi connectivity index (χ0) is 26.3. The van der Waals surface area contributed by atoms with E-state index in [2.05, 4.69) is 10.3 Å². The highest BCUT2D eigenvalue weighted by Crippen LogP contribution is 2.33. The maximum absolute atomic E-state index is 15.5. The number of benzene rings is 1. The molecule has 9 nitrogen and oxygen atoms in total. The fourth-order valence-corrected chi connectivity index (χ4v) is 6.65. The van der Waals surface area contributed by atoms with Gasteiger partial charge in [0.05, 0.1) is 54.8 Å². The fourth-order valence-electron chi connectivity index (χ4n) is 4.97. The van der Waals surface area contributed by atoms with E-state index in [4.69, 9.17) is 9.47 Å². The highest BCUT2D eigenvalue weighted by Gasteiger charge is 2.30. The van der Waals surface area contributed by atoms with Crippen molar-refractivity contribution in [2.45, 2.75) is 31.9 Å². The van der Waals surface area contributed by atoms with E-state index in [1.165, 1.54) is 24.1 Å². The Labute approximate surface area is 213 Å². The molecule has 0 bridgehead atoms. The SMILES string of the molecule is COC(=O)N1CCO[C@@H](Cc2c(-c3c(F)cc(NC4CCS(=O)(=O)C4)cc3F)nc3cc(C)ccn23)C1. The molecular formula is C25H28F2N4O5S. The average molecular weight is 535 g/mol. The van der Waals surface area contributed by atoms with Gasteiger partial charge in [-0.3, -0.25) is 0 Å². The van der Waals surface area contributed by atoms with Gasteiger partial charge in [0, 0.05) is 30.9 Å². The number of amides is 1. The summed E-state index contributed by atoms with van der Waals surface area (Å²) in [5, 5.41) is 2.94. The molecule has 0 saturated carbocycles. The highest BCUT2D eigenvalue weighted by molar-refractivity contribution is 7.91. The van der Waals surface area contributed by atoms with E-state index in [0.29, 0.717) is 30.9 Å². The zero-order valence-electron chi connectivity index (χ0n) is 20.5. The first kappa shape index (κ1) is 25.4. The molecule has 2 aromatic heterocycles. The van der Waals surface area contributed by atoms with E-state index in [-0.39, 0.29) is 41.4 Å². The molecule has 2 saturated heterocycles. The summed E-state index contributed by atoms with van der Waals surface area (Å²) in [4.78, 5) is 18.1. The lowest BCUT2D eigenvalue weighted by atomic mass is 10.0. The summed E-state index contributed by atoms with van der Waals surface area (Å²) in [6.07, 6.45) is 1.55. The Bertz CT molecular complexity index is 1440. The second-order valence-electron chi connectivity index (χ2n) is 9.51. The van der Waals surface area contributed by atoms with Crippen molar-refractivity contribution < 1.29 is 31.5 Å². The molecule has 0 spiro atoms. The Morgan fingerprint density at radius 2 is 2.03 bits per heavy atom. The van der Waals surface area contributed by atoms with Crippen LogP contribution in [0, 0.1) is 18.6 Å². The van der Waals surface area contributed by atoms with E-state index in [1.807, 2.05) is 19.1 Å². The molecule has 0 radical (unpaired) electrons. The standard InChI is InChI=1S/C25H28F2N4O5S/c1-15-3-5-31-21(12-18-13-30(6-7-36-18)25(32)35-2)24(29-22(31)9-15)23-19(26)10-17(11-20(23)27)28-16-4-8-37(33,34)14-16/h3,5,9-11,16,18,28H,4,6-8,12-14H2,1-2H3/t16?,18-/m0/s1. The quantitative estimate of drug-likeness (QED) is 0.536. The number of imidazole rings is 1. The number of nitrogens with one attached hydrogen (secondary N) is 1. The molecule has 2 fully saturated rings. The largest absolute Gasteiger partial charge is 0.453 e. The summed E-state index contributed by atoms with van der Waals surface area (Å²) in [7, 11) is -1.83. The molecule has 4 heterocycles. The minimum Gasteiger partial charge on any atom is -0.453 e. The molecule has 198 valence electrons. The summed E-state index contributed by atoms with van der Waals surface area (Å²) < 4.78 is 66.9. The Hall–Kier alpha value is -3.25. The number of carbonyl (C=O) groups is 1. The molecule has 0 aliphatic carbocycles. The van der Waals surface area contributed by atoms with Crippen molar-refractivity contribution in [1.82, 2.24) is 14.3 Å². The number of aryl methyl sites for hydroxylation is 1. The van der Waals surface area contributed by atoms with E-state index in [1.54, 1.807) is 10.6 Å². The van der Waals surface area contributed by atoms with Gasteiger partial charge in [-0.2, -0.15) is 0 Å². The van der Waals surface area contributed by atoms with Gasteiger partial charge >= 0.3 is 6.09 Å². The van der Waals surface area contributed by atoms with Crippen LogP contribution >= 0.6 is 0 Å². The smallest absolute Gasteiger partial charge is 0.409 e. The number of pyridine rings is 1. The second-order valence-corrected chi connectivity index (χ2v) is 11.7. The number of methoxy groups -OCH3 is 1. The molecule has 1 unspecified atom stereocenters. The van der Waals surface area contributed by atoms with Crippen LogP contribution in [0.15, 0.2) is 30.5 Å². The molecule has 2 aliphatic rings. The third kappa shape index (κ3) is 5.26. The van der Waals surface area contributed by atoms with Crippen molar-refractivity contribution in [2.24, 2.45) is 0 Å². The van der Waals surface area contributed by atoms with E-state index in [9.17, 15) is 13.2 Å². The molecule has 3 aromatic rings. The van der Waals surface area contributed by atoms with Gasteiger partial charge in [0.15, 0.2) is 9.84 Å². The first-order chi connectivity index (χ1) is 17.6. The number of sulfone groups is 1. The summed E-state index contributed by atoms with van der Waals surface area (Å²) in [6.45, 7) is 2.87. The van der Waals surface area contributed by atoms with Crippen LogP contribution in [0.25, 0.3) is 16.9 Å². The molecule has 12 heteroatoms. The minimum absolute atomic E-state index is 0.0500. The Morgan fingerprint density at radius 3 is 2.70 bits per heavy atom. The molecule has 2 atom stereocenters. The monoisotopic (exact) mass is 534 g/mol. The number of fused-ring (bicyclic) bond motifs is 1. The number of rotatable bonds is 5. The fraction of sp³-hybridized carbons (Fsp3) is 0.440. The summed E-state index contributed by atoms with van der Waals surface area (Å²) in [6, 6.07) is 5.63. The Balaban J connectivity index is 1.50. The highest BCUT2D eigenvalue weighted by atomic mass is 32.2. The van der Waals surface area contributed by atoms with Gasteiger partial charge in [-0.15, -0.1) is 0 Å². The van der Waals surface area contributed by atoms with Crippen LogP contribution in [-0.4, -0.2) is 79.3 Å². The summed E-state index contributed by atoms with van der Waals surface area (Å²) in [5.41, 5.74) is 2.06. The van der Waals surface area contributed by atoms with Crippen molar-refractivity contribution in [3.8, 4) is 11.3 Å². The van der Waals surface area contributed by atoms with Crippen molar-refractivity contribution in [2.75, 3.05) is 43.6 Å². The minimum atomic E-state index is -3.14. The van der Waals surface area contributed by atoms with E-state index >= 15 is 8.78 Å². The van der Waals surface area contributed by atoms with Crippen molar-refractivity contribution >= 4 is 27.3 Å². The van der Waals surface area contributed by atoms with Gasteiger partial charge in [-0.05, 0) is 43.2 Å². The maximum atomic E-state index is 15.5. The van der Waals surface area contributed by atoms with Gasteiger partial charge in [-0.1, -0.05) is 0 Å². The lowest BCUT2D eigenvalue weighted by Gasteiger charge is -2.32. The van der Waals surface area contributed by atoms with Crippen molar-refractivity contribution in [3.05, 3.63) is 53.4 Å². The number of halogens is 2.